The Balaban J connectivity index is 2.02. The third-order valence-electron chi connectivity index (χ3n) is 3.55. The number of carbonyl (C=O) groups is 1. The van der Waals surface area contributed by atoms with Crippen molar-refractivity contribution in [3.05, 3.63) is 42.4 Å². The molecule has 3 heterocycles. The van der Waals surface area contributed by atoms with Crippen molar-refractivity contribution in [2.24, 2.45) is 5.73 Å². The van der Waals surface area contributed by atoms with Crippen LogP contribution in [0.25, 0.3) is 11.0 Å². The molecule has 0 radical (unpaired) electrons. The van der Waals surface area contributed by atoms with E-state index in [1.165, 1.54) is 4.90 Å². The summed E-state index contributed by atoms with van der Waals surface area (Å²) < 4.78 is 0. The van der Waals surface area contributed by atoms with Gasteiger partial charge in [0, 0.05) is 36.2 Å². The van der Waals surface area contributed by atoms with Crippen LogP contribution < -0.4 is 16.0 Å². The van der Waals surface area contributed by atoms with Crippen LogP contribution in [0.2, 0.25) is 0 Å². The van der Waals surface area contributed by atoms with Gasteiger partial charge in [-0.1, -0.05) is 0 Å². The van der Waals surface area contributed by atoms with Gasteiger partial charge in [-0.15, -0.1) is 0 Å². The Bertz CT molecular complexity index is 882. The first-order valence-electron chi connectivity index (χ1n) is 7.47. The number of carbonyl (C=O) groups excluding carboxylic acids is 1. The molecule has 0 saturated heterocycles. The molecule has 3 rings (SSSR count). The van der Waals surface area contributed by atoms with Gasteiger partial charge in [-0.25, -0.2) is 14.8 Å². The van der Waals surface area contributed by atoms with Crippen molar-refractivity contribution in [3.63, 3.8) is 0 Å². The van der Waals surface area contributed by atoms with E-state index in [0.717, 1.165) is 16.6 Å². The molecule has 0 bridgehead atoms. The highest BCUT2D eigenvalue weighted by atomic mass is 16.2. The summed E-state index contributed by atoms with van der Waals surface area (Å²) in [5.74, 6) is 0.892. The molecule has 8 heteroatoms. The van der Waals surface area contributed by atoms with Gasteiger partial charge in [0.1, 0.15) is 5.82 Å². The maximum atomic E-state index is 11.5. The maximum absolute atomic E-state index is 11.5. The van der Waals surface area contributed by atoms with E-state index in [0.29, 0.717) is 24.0 Å². The lowest BCUT2D eigenvalue weighted by atomic mass is 10.2. The van der Waals surface area contributed by atoms with Crippen molar-refractivity contribution in [2.75, 3.05) is 16.8 Å². The number of hydrogen-bond acceptors (Lipinski definition) is 6. The van der Waals surface area contributed by atoms with Gasteiger partial charge in [0.15, 0.2) is 5.65 Å². The molecule has 122 valence electrons. The van der Waals surface area contributed by atoms with Crippen LogP contribution in [0, 0.1) is 6.92 Å². The molecule has 0 saturated carbocycles. The predicted octanol–water partition coefficient (Wildman–Crippen LogP) is 2.38. The van der Waals surface area contributed by atoms with Crippen LogP contribution >= 0.6 is 0 Å². The van der Waals surface area contributed by atoms with Crippen molar-refractivity contribution >= 4 is 34.5 Å². The molecule has 2 amide bonds. The van der Waals surface area contributed by atoms with Gasteiger partial charge in [-0.3, -0.25) is 9.88 Å². The van der Waals surface area contributed by atoms with E-state index in [1.807, 2.05) is 26.0 Å². The number of fused-ring (bicyclic) bond motifs is 1. The van der Waals surface area contributed by atoms with E-state index in [9.17, 15) is 4.79 Å². The summed E-state index contributed by atoms with van der Waals surface area (Å²) in [5, 5.41) is 3.91. The molecular weight excluding hydrogens is 306 g/mol. The monoisotopic (exact) mass is 323 g/mol. The van der Waals surface area contributed by atoms with Crippen LogP contribution in [-0.4, -0.2) is 32.5 Å². The standard InChI is InChI=1S/C16H17N7O/c1-3-23(15(17)24)13-8-10(2)12-9-19-16(22-14(12)21-13)20-11-4-6-18-7-5-11/h4-9H,3H2,1-2H3,(H2,17,24)(H,18,19,20,21,22). The molecule has 0 aliphatic carbocycles. The molecule has 0 aliphatic rings. The number of nitrogens with one attached hydrogen (secondary N) is 1. The molecule has 24 heavy (non-hydrogen) atoms. The molecule has 0 aromatic carbocycles. The number of aryl methyl sites for hydroxylation is 1. The second kappa shape index (κ2) is 6.45. The number of primary amides is 1. The van der Waals surface area contributed by atoms with E-state index in [2.05, 4.69) is 25.3 Å². The Morgan fingerprint density at radius 1 is 1.29 bits per heavy atom. The lowest BCUT2D eigenvalue weighted by molar-refractivity contribution is 0.254. The molecule has 3 aromatic rings. The first-order valence-corrected chi connectivity index (χ1v) is 7.47. The van der Waals surface area contributed by atoms with Crippen LogP contribution in [0.15, 0.2) is 36.8 Å². The van der Waals surface area contributed by atoms with Crippen LogP contribution in [0.3, 0.4) is 0 Å². The minimum Gasteiger partial charge on any atom is -0.351 e. The summed E-state index contributed by atoms with van der Waals surface area (Å²) in [4.78, 5) is 30.1. The summed E-state index contributed by atoms with van der Waals surface area (Å²) >= 11 is 0. The summed E-state index contributed by atoms with van der Waals surface area (Å²) in [7, 11) is 0. The number of rotatable bonds is 4. The molecule has 0 atom stereocenters. The van der Waals surface area contributed by atoms with E-state index in [1.54, 1.807) is 24.7 Å². The Morgan fingerprint density at radius 2 is 2.04 bits per heavy atom. The van der Waals surface area contributed by atoms with Crippen molar-refractivity contribution in [1.29, 1.82) is 0 Å². The fraction of sp³-hybridized carbons (Fsp3) is 0.188. The fourth-order valence-corrected chi connectivity index (χ4v) is 2.34. The number of hydrogen-bond donors (Lipinski definition) is 2. The van der Waals surface area contributed by atoms with Crippen molar-refractivity contribution in [1.82, 2.24) is 19.9 Å². The SMILES string of the molecule is CCN(C(N)=O)c1cc(C)c2cnc(Nc3ccncc3)nc2n1. The zero-order valence-corrected chi connectivity index (χ0v) is 13.4. The van der Waals surface area contributed by atoms with Crippen LogP contribution in [0.4, 0.5) is 22.2 Å². The Kier molecular flexibility index (Phi) is 4.19. The summed E-state index contributed by atoms with van der Waals surface area (Å²) in [6.45, 7) is 4.19. The molecule has 0 fully saturated rings. The van der Waals surface area contributed by atoms with E-state index in [-0.39, 0.29) is 0 Å². The number of amides is 2. The Hall–Kier alpha value is -3.29. The number of anilines is 3. The van der Waals surface area contributed by atoms with Gasteiger partial charge in [-0.2, -0.15) is 4.98 Å². The van der Waals surface area contributed by atoms with Crippen LogP contribution in [-0.2, 0) is 0 Å². The topological polar surface area (TPSA) is 110 Å². The zero-order chi connectivity index (χ0) is 17.1. The highest BCUT2D eigenvalue weighted by molar-refractivity contribution is 5.91. The average molecular weight is 323 g/mol. The van der Waals surface area contributed by atoms with E-state index >= 15 is 0 Å². The lowest BCUT2D eigenvalue weighted by Gasteiger charge is -2.18. The largest absolute Gasteiger partial charge is 0.351 e. The smallest absolute Gasteiger partial charge is 0.320 e. The Morgan fingerprint density at radius 3 is 2.71 bits per heavy atom. The molecule has 3 N–H and O–H groups in total. The highest BCUT2D eigenvalue weighted by Gasteiger charge is 2.14. The second-order valence-corrected chi connectivity index (χ2v) is 5.17. The van der Waals surface area contributed by atoms with Crippen molar-refractivity contribution in [2.45, 2.75) is 13.8 Å². The number of pyridine rings is 2. The van der Waals surface area contributed by atoms with Crippen molar-refractivity contribution < 1.29 is 4.79 Å². The summed E-state index contributed by atoms with van der Waals surface area (Å²) in [5.41, 5.74) is 7.64. The van der Waals surface area contributed by atoms with Gasteiger partial charge in [0.05, 0.1) is 0 Å². The number of aromatic nitrogens is 4. The molecule has 8 nitrogen and oxygen atoms in total. The molecule has 0 aliphatic heterocycles. The minimum atomic E-state index is -0.548. The van der Waals surface area contributed by atoms with Crippen molar-refractivity contribution in [3.8, 4) is 0 Å². The van der Waals surface area contributed by atoms with Gasteiger partial charge >= 0.3 is 6.03 Å². The lowest BCUT2D eigenvalue weighted by Crippen LogP contribution is -2.36. The number of nitrogens with two attached hydrogens (primary N) is 1. The van der Waals surface area contributed by atoms with E-state index < -0.39 is 6.03 Å². The molecular formula is C16H17N7O. The van der Waals surface area contributed by atoms with Gasteiger partial charge in [0.2, 0.25) is 5.95 Å². The average Bonchev–Trinajstić information content (AvgIpc) is 2.56. The normalized spacial score (nSPS) is 10.6. The second-order valence-electron chi connectivity index (χ2n) is 5.17. The number of nitrogens with zero attached hydrogens (tertiary/aromatic N) is 5. The minimum absolute atomic E-state index is 0.417. The summed E-state index contributed by atoms with van der Waals surface area (Å²) in [6.07, 6.45) is 5.06. The maximum Gasteiger partial charge on any atom is 0.320 e. The third-order valence-corrected chi connectivity index (χ3v) is 3.55. The first-order chi connectivity index (χ1) is 11.6. The Labute approximate surface area is 138 Å². The third kappa shape index (κ3) is 3.07. The summed E-state index contributed by atoms with van der Waals surface area (Å²) in [6, 6.07) is 4.88. The molecule has 0 spiro atoms. The number of urea groups is 1. The van der Waals surface area contributed by atoms with Gasteiger partial charge < -0.3 is 11.1 Å². The molecule has 3 aromatic heterocycles. The van der Waals surface area contributed by atoms with Gasteiger partial charge in [-0.05, 0) is 37.6 Å². The highest BCUT2D eigenvalue weighted by Crippen LogP contribution is 2.22. The van der Waals surface area contributed by atoms with Crippen LogP contribution in [0.1, 0.15) is 12.5 Å². The predicted molar refractivity (Wildman–Crippen MR) is 92.2 cm³/mol. The molecule has 0 unspecified atom stereocenters. The fourth-order valence-electron chi connectivity index (χ4n) is 2.34. The quantitative estimate of drug-likeness (QED) is 0.762. The van der Waals surface area contributed by atoms with Gasteiger partial charge in [0.25, 0.3) is 0 Å². The zero-order valence-electron chi connectivity index (χ0n) is 13.4. The first kappa shape index (κ1) is 15.6. The van der Waals surface area contributed by atoms with E-state index in [4.69, 9.17) is 5.73 Å². The van der Waals surface area contributed by atoms with Crippen LogP contribution in [0.5, 0.6) is 0 Å².